The van der Waals surface area contributed by atoms with Crippen molar-refractivity contribution in [3.63, 3.8) is 0 Å². The zero-order valence-corrected chi connectivity index (χ0v) is 16.1. The van der Waals surface area contributed by atoms with Gasteiger partial charge in [0.05, 0.1) is 16.3 Å². The molecular formula is C16H17N7OS2. The van der Waals surface area contributed by atoms with Crippen molar-refractivity contribution in [2.24, 2.45) is 0 Å². The normalized spacial score (nSPS) is 11.3. The van der Waals surface area contributed by atoms with E-state index in [-0.39, 0.29) is 0 Å². The van der Waals surface area contributed by atoms with E-state index in [2.05, 4.69) is 20.3 Å². The lowest BCUT2D eigenvalue weighted by Gasteiger charge is -2.04. The van der Waals surface area contributed by atoms with E-state index < -0.39 is 0 Å². The second-order valence-corrected chi connectivity index (χ2v) is 7.67. The van der Waals surface area contributed by atoms with E-state index in [9.17, 15) is 0 Å². The van der Waals surface area contributed by atoms with Crippen molar-refractivity contribution in [2.45, 2.75) is 31.7 Å². The monoisotopic (exact) mass is 387 g/mol. The van der Waals surface area contributed by atoms with Crippen molar-refractivity contribution in [1.29, 1.82) is 0 Å². The van der Waals surface area contributed by atoms with Crippen LogP contribution in [-0.2, 0) is 5.75 Å². The Morgan fingerprint density at radius 1 is 1.27 bits per heavy atom. The molecule has 0 aliphatic heterocycles. The van der Waals surface area contributed by atoms with Crippen LogP contribution in [-0.4, -0.2) is 29.6 Å². The van der Waals surface area contributed by atoms with E-state index in [1.165, 1.54) is 16.4 Å². The molecule has 0 saturated heterocycles. The number of aryl methyl sites for hydroxylation is 3. The van der Waals surface area contributed by atoms with E-state index in [1.54, 1.807) is 16.0 Å². The number of rotatable bonds is 5. The Kier molecular flexibility index (Phi) is 4.29. The highest BCUT2D eigenvalue weighted by molar-refractivity contribution is 7.98. The number of hydrogen-bond acceptors (Lipinski definition) is 8. The molecule has 2 N–H and O–H groups in total. The molecule has 4 aromatic heterocycles. The summed E-state index contributed by atoms with van der Waals surface area (Å²) >= 11 is 3.06. The van der Waals surface area contributed by atoms with Crippen molar-refractivity contribution < 1.29 is 4.42 Å². The van der Waals surface area contributed by atoms with Crippen LogP contribution >= 0.6 is 23.1 Å². The number of aromatic nitrogens is 6. The molecule has 0 aliphatic rings. The molecule has 0 saturated carbocycles. The smallest absolute Gasteiger partial charge is 0.271 e. The summed E-state index contributed by atoms with van der Waals surface area (Å²) in [4.78, 5) is 5.60. The van der Waals surface area contributed by atoms with E-state index >= 15 is 0 Å². The maximum atomic E-state index is 6.17. The summed E-state index contributed by atoms with van der Waals surface area (Å²) in [5.74, 6) is 8.68. The topological polar surface area (TPSA) is 101 Å². The first kappa shape index (κ1) is 16.9. The standard InChI is InChI=1S/C16H17N7OS2/c1-9-7-10(2)23(21-9)15-19-20-16(22(15)17)26-8-12-11(3)24-14(18-12)13-5-4-6-25-13/h4-7H,8,17H2,1-3H3. The number of hydrogen-bond donors (Lipinski definition) is 1. The Bertz CT molecular complexity index is 1050. The molecule has 4 aromatic rings. The van der Waals surface area contributed by atoms with Crippen LogP contribution < -0.4 is 5.84 Å². The maximum absolute atomic E-state index is 6.17. The first-order valence-electron chi connectivity index (χ1n) is 7.90. The zero-order chi connectivity index (χ0) is 18.3. The number of thiophene rings is 1. The first-order chi connectivity index (χ1) is 12.5. The molecule has 0 radical (unpaired) electrons. The molecule has 0 amide bonds. The third kappa shape index (κ3) is 3.01. The number of nitrogens with two attached hydrogens (primary N) is 1. The summed E-state index contributed by atoms with van der Waals surface area (Å²) in [5.41, 5.74) is 2.72. The molecule has 26 heavy (non-hydrogen) atoms. The van der Waals surface area contributed by atoms with Gasteiger partial charge in [-0.05, 0) is 38.3 Å². The fourth-order valence-corrected chi connectivity index (χ4v) is 4.05. The van der Waals surface area contributed by atoms with Gasteiger partial charge in [-0.1, -0.05) is 17.8 Å². The molecule has 10 heteroatoms. The molecule has 134 valence electrons. The van der Waals surface area contributed by atoms with Gasteiger partial charge in [-0.2, -0.15) is 5.10 Å². The third-order valence-electron chi connectivity index (χ3n) is 3.81. The molecule has 0 unspecified atom stereocenters. The summed E-state index contributed by atoms with van der Waals surface area (Å²) in [5, 5.41) is 15.3. The van der Waals surface area contributed by atoms with Crippen LogP contribution in [0.5, 0.6) is 0 Å². The minimum Gasteiger partial charge on any atom is -0.440 e. The minimum absolute atomic E-state index is 0.481. The Morgan fingerprint density at radius 2 is 2.12 bits per heavy atom. The van der Waals surface area contributed by atoms with E-state index in [0.717, 1.165) is 27.7 Å². The van der Waals surface area contributed by atoms with Crippen LogP contribution in [0.2, 0.25) is 0 Å². The van der Waals surface area contributed by atoms with Gasteiger partial charge in [0.2, 0.25) is 11.0 Å². The lowest BCUT2D eigenvalue weighted by atomic mass is 10.4. The molecule has 4 rings (SSSR count). The number of nitrogen functional groups attached to an aromatic ring is 1. The van der Waals surface area contributed by atoms with E-state index in [4.69, 9.17) is 10.3 Å². The van der Waals surface area contributed by atoms with Crippen LogP contribution in [0.3, 0.4) is 0 Å². The van der Waals surface area contributed by atoms with Gasteiger partial charge in [-0.25, -0.2) is 14.3 Å². The lowest BCUT2D eigenvalue weighted by molar-refractivity contribution is 0.542. The number of oxazole rings is 1. The molecule has 0 aliphatic carbocycles. The Morgan fingerprint density at radius 3 is 2.81 bits per heavy atom. The average molecular weight is 387 g/mol. The van der Waals surface area contributed by atoms with Crippen LogP contribution in [0.1, 0.15) is 22.8 Å². The van der Waals surface area contributed by atoms with E-state index in [1.807, 2.05) is 44.4 Å². The highest BCUT2D eigenvalue weighted by atomic mass is 32.2. The molecule has 8 nitrogen and oxygen atoms in total. The highest BCUT2D eigenvalue weighted by Crippen LogP contribution is 2.29. The van der Waals surface area contributed by atoms with Crippen molar-refractivity contribution in [3.05, 3.63) is 46.4 Å². The molecule has 0 spiro atoms. The highest BCUT2D eigenvalue weighted by Gasteiger charge is 2.17. The quantitative estimate of drug-likeness (QED) is 0.415. The summed E-state index contributed by atoms with van der Waals surface area (Å²) in [7, 11) is 0. The number of thioether (sulfide) groups is 1. The lowest BCUT2D eigenvalue weighted by Crippen LogP contribution is -2.17. The second kappa shape index (κ2) is 6.61. The Balaban J connectivity index is 1.53. The van der Waals surface area contributed by atoms with Gasteiger partial charge in [0, 0.05) is 11.4 Å². The molecule has 4 heterocycles. The van der Waals surface area contributed by atoms with Crippen molar-refractivity contribution in [2.75, 3.05) is 5.84 Å². The largest absolute Gasteiger partial charge is 0.440 e. The SMILES string of the molecule is Cc1cc(C)n(-c2nnc(SCc3nc(-c4cccs4)oc3C)n2N)n1. The van der Waals surface area contributed by atoms with Crippen LogP contribution in [0.15, 0.2) is 33.2 Å². The molecule has 0 bridgehead atoms. The van der Waals surface area contributed by atoms with Gasteiger partial charge in [0.25, 0.3) is 5.95 Å². The Labute approximate surface area is 158 Å². The molecule has 0 atom stereocenters. The molecular weight excluding hydrogens is 370 g/mol. The second-order valence-electron chi connectivity index (χ2n) is 5.78. The van der Waals surface area contributed by atoms with Gasteiger partial charge < -0.3 is 10.3 Å². The third-order valence-corrected chi connectivity index (χ3v) is 5.62. The predicted molar refractivity (Wildman–Crippen MR) is 101 cm³/mol. The number of nitrogens with zero attached hydrogens (tertiary/aromatic N) is 6. The van der Waals surface area contributed by atoms with Crippen molar-refractivity contribution >= 4 is 23.1 Å². The average Bonchev–Trinajstić information content (AvgIpc) is 3.35. The van der Waals surface area contributed by atoms with Crippen molar-refractivity contribution in [1.82, 2.24) is 29.6 Å². The van der Waals surface area contributed by atoms with Gasteiger partial charge in [-0.15, -0.1) is 21.5 Å². The zero-order valence-electron chi connectivity index (χ0n) is 14.5. The summed E-state index contributed by atoms with van der Waals surface area (Å²) in [6.07, 6.45) is 0. The molecule has 0 aromatic carbocycles. The molecule has 0 fully saturated rings. The fraction of sp³-hybridized carbons (Fsp3) is 0.250. The Hall–Kier alpha value is -2.59. The van der Waals surface area contributed by atoms with Crippen molar-refractivity contribution in [3.8, 4) is 16.7 Å². The predicted octanol–water partition coefficient (Wildman–Crippen LogP) is 3.11. The van der Waals surface area contributed by atoms with Crippen LogP contribution in [0.25, 0.3) is 16.7 Å². The summed E-state index contributed by atoms with van der Waals surface area (Å²) < 4.78 is 8.90. The maximum Gasteiger partial charge on any atom is 0.271 e. The van der Waals surface area contributed by atoms with Gasteiger partial charge >= 0.3 is 0 Å². The minimum atomic E-state index is 0.481. The fourth-order valence-electron chi connectivity index (χ4n) is 2.54. The first-order valence-corrected chi connectivity index (χ1v) is 9.76. The summed E-state index contributed by atoms with van der Waals surface area (Å²) in [6, 6.07) is 5.93. The van der Waals surface area contributed by atoms with Gasteiger partial charge in [0.15, 0.2) is 0 Å². The van der Waals surface area contributed by atoms with Crippen LogP contribution in [0, 0.1) is 20.8 Å². The summed E-state index contributed by atoms with van der Waals surface area (Å²) in [6.45, 7) is 5.79. The van der Waals surface area contributed by atoms with Crippen LogP contribution in [0.4, 0.5) is 0 Å². The van der Waals surface area contributed by atoms with Gasteiger partial charge in [0.1, 0.15) is 5.76 Å². The van der Waals surface area contributed by atoms with Gasteiger partial charge in [-0.3, -0.25) is 0 Å². The van der Waals surface area contributed by atoms with E-state index in [0.29, 0.717) is 22.7 Å².